The van der Waals surface area contributed by atoms with Gasteiger partial charge in [-0.3, -0.25) is 0 Å². The third kappa shape index (κ3) is 5.73. The number of benzene rings is 1. The molecule has 0 aromatic heterocycles. The summed E-state index contributed by atoms with van der Waals surface area (Å²) in [6.07, 6.45) is 0. The van der Waals surface area contributed by atoms with Crippen molar-refractivity contribution in [2.75, 3.05) is 27.7 Å². The van der Waals surface area contributed by atoms with Crippen LogP contribution in [0.3, 0.4) is 0 Å². The molecule has 1 aromatic carbocycles. The second kappa shape index (κ2) is 8.13. The Bertz CT molecular complexity index is 285. The zero-order chi connectivity index (χ0) is 12.6. The average molecular weight is 224 g/mol. The maximum absolute atomic E-state index is 9.23. The first-order valence-electron chi connectivity index (χ1n) is 5.62. The van der Waals surface area contributed by atoms with Gasteiger partial charge in [0.1, 0.15) is 5.75 Å². The summed E-state index contributed by atoms with van der Waals surface area (Å²) < 4.78 is 0. The van der Waals surface area contributed by atoms with Gasteiger partial charge in [0.05, 0.1) is 0 Å². The van der Waals surface area contributed by atoms with E-state index in [-0.39, 0.29) is 0 Å². The quantitative estimate of drug-likeness (QED) is 0.826. The maximum Gasteiger partial charge on any atom is 0.115 e. The summed E-state index contributed by atoms with van der Waals surface area (Å²) in [6.45, 7) is 5.24. The standard InChI is InChI=1S/C10H15NO.C3H9N/c1-8(11(2)3)9-5-4-6-10(12)7-9;1-3-4-2/h4-8,12H,1-3H3;4H,3H2,1-2H3. The summed E-state index contributed by atoms with van der Waals surface area (Å²) in [5.41, 5.74) is 1.14. The highest BCUT2D eigenvalue weighted by Gasteiger charge is 2.06. The van der Waals surface area contributed by atoms with Crippen LogP contribution >= 0.6 is 0 Å². The summed E-state index contributed by atoms with van der Waals surface area (Å²) >= 11 is 0. The van der Waals surface area contributed by atoms with Gasteiger partial charge < -0.3 is 15.3 Å². The molecule has 0 fully saturated rings. The lowest BCUT2D eigenvalue weighted by atomic mass is 10.1. The SMILES string of the molecule is CC(c1cccc(O)c1)N(C)C.CCNC. The topological polar surface area (TPSA) is 35.5 Å². The van der Waals surface area contributed by atoms with Gasteiger partial charge in [-0.15, -0.1) is 0 Å². The number of phenolic OH excluding ortho intramolecular Hbond substituents is 1. The molecule has 1 atom stereocenters. The Morgan fingerprint density at radius 1 is 1.38 bits per heavy atom. The van der Waals surface area contributed by atoms with Crippen LogP contribution in [0.1, 0.15) is 25.5 Å². The van der Waals surface area contributed by atoms with Crippen LogP contribution < -0.4 is 5.32 Å². The minimum Gasteiger partial charge on any atom is -0.508 e. The van der Waals surface area contributed by atoms with Gasteiger partial charge in [0.15, 0.2) is 0 Å². The smallest absolute Gasteiger partial charge is 0.115 e. The van der Waals surface area contributed by atoms with Crippen LogP contribution in [0.2, 0.25) is 0 Å². The Labute approximate surface area is 99.1 Å². The Kier molecular flexibility index (Phi) is 7.60. The molecule has 1 unspecified atom stereocenters. The molecule has 3 nitrogen and oxygen atoms in total. The van der Waals surface area contributed by atoms with Crippen molar-refractivity contribution >= 4 is 0 Å². The molecule has 1 aromatic rings. The predicted octanol–water partition coefficient (Wildman–Crippen LogP) is 2.24. The van der Waals surface area contributed by atoms with E-state index in [0.29, 0.717) is 11.8 Å². The second-order valence-corrected chi connectivity index (χ2v) is 3.94. The van der Waals surface area contributed by atoms with Gasteiger partial charge >= 0.3 is 0 Å². The number of phenols is 1. The molecule has 0 bridgehead atoms. The fourth-order valence-corrected chi connectivity index (χ4v) is 1.08. The molecule has 0 aliphatic heterocycles. The lowest BCUT2D eigenvalue weighted by Gasteiger charge is -2.19. The van der Waals surface area contributed by atoms with Crippen LogP contribution in [0, 0.1) is 0 Å². The summed E-state index contributed by atoms with van der Waals surface area (Å²) in [4.78, 5) is 2.11. The minimum absolute atomic E-state index is 0.334. The van der Waals surface area contributed by atoms with Gasteiger partial charge in [0, 0.05) is 6.04 Å². The van der Waals surface area contributed by atoms with Gasteiger partial charge in [-0.05, 0) is 52.3 Å². The minimum atomic E-state index is 0.334. The van der Waals surface area contributed by atoms with E-state index in [4.69, 9.17) is 0 Å². The zero-order valence-electron chi connectivity index (χ0n) is 11.0. The summed E-state index contributed by atoms with van der Waals surface area (Å²) in [5.74, 6) is 0.334. The van der Waals surface area contributed by atoms with Gasteiger partial charge in [-0.25, -0.2) is 0 Å². The number of hydrogen-bond acceptors (Lipinski definition) is 3. The van der Waals surface area contributed by atoms with Crippen molar-refractivity contribution < 1.29 is 5.11 Å². The molecule has 0 radical (unpaired) electrons. The monoisotopic (exact) mass is 224 g/mol. The first kappa shape index (κ1) is 14.9. The molecule has 0 amide bonds. The van der Waals surface area contributed by atoms with Crippen LogP contribution in [-0.4, -0.2) is 37.7 Å². The third-order valence-corrected chi connectivity index (χ3v) is 2.48. The van der Waals surface area contributed by atoms with E-state index in [9.17, 15) is 5.11 Å². The summed E-state index contributed by atoms with van der Waals surface area (Å²) in [5, 5.41) is 12.2. The van der Waals surface area contributed by atoms with Gasteiger partial charge in [-0.2, -0.15) is 0 Å². The fraction of sp³-hybridized carbons (Fsp3) is 0.538. The number of aromatic hydroxyl groups is 1. The first-order chi connectivity index (χ1) is 7.52. The highest BCUT2D eigenvalue weighted by atomic mass is 16.3. The van der Waals surface area contributed by atoms with Crippen LogP contribution in [-0.2, 0) is 0 Å². The van der Waals surface area contributed by atoms with Crippen molar-refractivity contribution in [3.63, 3.8) is 0 Å². The molecule has 1 rings (SSSR count). The van der Waals surface area contributed by atoms with Crippen LogP contribution in [0.5, 0.6) is 5.75 Å². The van der Waals surface area contributed by atoms with Crippen LogP contribution in [0.25, 0.3) is 0 Å². The maximum atomic E-state index is 9.23. The highest BCUT2D eigenvalue weighted by molar-refractivity contribution is 5.28. The highest BCUT2D eigenvalue weighted by Crippen LogP contribution is 2.20. The van der Waals surface area contributed by atoms with Gasteiger partial charge in [0.25, 0.3) is 0 Å². The van der Waals surface area contributed by atoms with Crippen molar-refractivity contribution in [3.8, 4) is 5.75 Å². The van der Waals surface area contributed by atoms with Crippen molar-refractivity contribution in [1.82, 2.24) is 10.2 Å². The molecule has 0 spiro atoms. The third-order valence-electron chi connectivity index (χ3n) is 2.48. The molecular formula is C13H24N2O. The van der Waals surface area contributed by atoms with Crippen molar-refractivity contribution in [2.45, 2.75) is 19.9 Å². The summed E-state index contributed by atoms with van der Waals surface area (Å²) in [6, 6.07) is 7.71. The number of nitrogens with zero attached hydrogens (tertiary/aromatic N) is 1. The molecule has 0 saturated carbocycles. The molecule has 0 heterocycles. The molecule has 3 heteroatoms. The van der Waals surface area contributed by atoms with E-state index in [0.717, 1.165) is 12.1 Å². The predicted molar refractivity (Wildman–Crippen MR) is 69.8 cm³/mol. The fourth-order valence-electron chi connectivity index (χ4n) is 1.08. The lowest BCUT2D eigenvalue weighted by Crippen LogP contribution is -2.16. The van der Waals surface area contributed by atoms with Crippen molar-refractivity contribution in [2.24, 2.45) is 0 Å². The van der Waals surface area contributed by atoms with E-state index in [2.05, 4.69) is 24.1 Å². The van der Waals surface area contributed by atoms with E-state index in [1.54, 1.807) is 12.1 Å². The molecular weight excluding hydrogens is 200 g/mol. The molecule has 0 saturated heterocycles. The molecule has 16 heavy (non-hydrogen) atoms. The number of nitrogens with one attached hydrogen (secondary N) is 1. The molecule has 2 N–H and O–H groups in total. The molecule has 92 valence electrons. The number of hydrogen-bond donors (Lipinski definition) is 2. The van der Waals surface area contributed by atoms with Crippen LogP contribution in [0.15, 0.2) is 24.3 Å². The van der Waals surface area contributed by atoms with Crippen molar-refractivity contribution in [3.05, 3.63) is 29.8 Å². The molecule has 0 aliphatic rings. The van der Waals surface area contributed by atoms with E-state index < -0.39 is 0 Å². The van der Waals surface area contributed by atoms with Crippen LogP contribution in [0.4, 0.5) is 0 Å². The van der Waals surface area contributed by atoms with Crippen molar-refractivity contribution in [1.29, 1.82) is 0 Å². The Morgan fingerprint density at radius 2 is 1.94 bits per heavy atom. The Balaban J connectivity index is 0.000000487. The molecule has 0 aliphatic carbocycles. The Morgan fingerprint density at radius 3 is 2.31 bits per heavy atom. The van der Waals surface area contributed by atoms with E-state index >= 15 is 0 Å². The largest absolute Gasteiger partial charge is 0.508 e. The normalized spacial score (nSPS) is 11.9. The van der Waals surface area contributed by atoms with E-state index in [1.165, 1.54) is 0 Å². The second-order valence-electron chi connectivity index (χ2n) is 3.94. The Hall–Kier alpha value is -1.06. The zero-order valence-corrected chi connectivity index (χ0v) is 11.0. The summed E-state index contributed by atoms with van der Waals surface area (Å²) in [7, 11) is 5.98. The first-order valence-corrected chi connectivity index (χ1v) is 5.62. The van der Waals surface area contributed by atoms with Gasteiger partial charge in [0.2, 0.25) is 0 Å². The van der Waals surface area contributed by atoms with Gasteiger partial charge in [-0.1, -0.05) is 19.1 Å². The van der Waals surface area contributed by atoms with E-state index in [1.807, 2.05) is 33.3 Å². The number of rotatable bonds is 3. The lowest BCUT2D eigenvalue weighted by molar-refractivity contribution is 0.320. The average Bonchev–Trinajstić information content (AvgIpc) is 2.28.